The van der Waals surface area contributed by atoms with Gasteiger partial charge < -0.3 is 12.9 Å². The van der Waals surface area contributed by atoms with Crippen LogP contribution in [0.25, 0.3) is 0 Å². The second kappa shape index (κ2) is 5.94. The van der Waals surface area contributed by atoms with E-state index in [4.69, 9.17) is 0 Å². The van der Waals surface area contributed by atoms with E-state index in [1.165, 1.54) is 28.7 Å². The molecule has 1 rings (SSSR count). The molecule has 0 saturated heterocycles. The molecule has 0 amide bonds. The van der Waals surface area contributed by atoms with Gasteiger partial charge in [-0.25, -0.2) is 4.39 Å². The Morgan fingerprint density at radius 2 is 1.92 bits per heavy atom. The van der Waals surface area contributed by atoms with Crippen LogP contribution in [-0.2, 0) is 6.42 Å². The molecule has 0 atom stereocenters. The van der Waals surface area contributed by atoms with Gasteiger partial charge in [-0.2, -0.15) is 0 Å². The van der Waals surface area contributed by atoms with E-state index in [-0.39, 0.29) is 24.0 Å². The second-order valence-electron chi connectivity index (χ2n) is 2.77. The Kier molecular flexibility index (Phi) is 5.19. The van der Waals surface area contributed by atoms with Gasteiger partial charge in [-0.15, -0.1) is 4.55 Å². The van der Waals surface area contributed by atoms with E-state index in [1.807, 2.05) is 12.1 Å². The first-order valence-corrected chi connectivity index (χ1v) is 9.03. The average molecular weight is 241 g/mol. The average Bonchev–Trinajstić information content (AvgIpc) is 2.09. The van der Waals surface area contributed by atoms with Crippen molar-refractivity contribution in [3.63, 3.8) is 0 Å². The highest BCUT2D eigenvalue weighted by atomic mass is 79.9. The molecule has 0 radical (unpaired) electrons. The summed E-state index contributed by atoms with van der Waals surface area (Å²) in [5.74, 6) is -0.145. The molecule has 0 saturated carbocycles. The van der Waals surface area contributed by atoms with Gasteiger partial charge in [0.2, 0.25) is 0 Å². The van der Waals surface area contributed by atoms with Crippen LogP contribution >= 0.6 is 12.9 Å². The van der Waals surface area contributed by atoms with Gasteiger partial charge in [0.1, 0.15) is 5.82 Å². The molecule has 3 heteroatoms. The molecule has 0 nitrogen and oxygen atoms in total. The summed E-state index contributed by atoms with van der Waals surface area (Å²) >= 11 is 3.54. The quantitative estimate of drug-likeness (QED) is 0.561. The Morgan fingerprint density at radius 1 is 1.25 bits per heavy atom. The number of aryl methyl sites for hydroxylation is 1. The van der Waals surface area contributed by atoms with Crippen LogP contribution in [0.4, 0.5) is 4.39 Å². The Hall–Kier alpha value is 0.396. The van der Waals surface area contributed by atoms with Gasteiger partial charge in [0.25, 0.3) is 0 Å². The molecular weight excluding hydrogens is 231 g/mol. The van der Waals surface area contributed by atoms with Gasteiger partial charge >= 0.3 is 18.2 Å². The molecule has 12 heavy (non-hydrogen) atoms. The maximum atomic E-state index is 12.5. The predicted octanol–water partition coefficient (Wildman–Crippen LogP) is 3.19. The normalized spacial score (nSPS) is 9.50. The Bertz CT molecular complexity index is 222. The smallest absolute Gasteiger partial charge is 0.307 e. The van der Waals surface area contributed by atoms with Gasteiger partial charge in [0.15, 0.2) is 0 Å². The van der Waals surface area contributed by atoms with E-state index < -0.39 is 0 Å². The topological polar surface area (TPSA) is 0 Å². The van der Waals surface area contributed by atoms with Crippen molar-refractivity contribution >= 4 is 31.1 Å². The highest BCUT2D eigenvalue weighted by Crippen LogP contribution is 2.07. The first kappa shape index (κ1) is 10.5. The van der Waals surface area contributed by atoms with E-state index >= 15 is 0 Å². The third-order valence-corrected chi connectivity index (χ3v) is 4.21. The van der Waals surface area contributed by atoms with E-state index in [9.17, 15) is 4.39 Å². The van der Waals surface area contributed by atoms with Crippen molar-refractivity contribution in [3.8, 4) is 0 Å². The lowest BCUT2D eigenvalue weighted by Gasteiger charge is -1.98. The number of benzene rings is 1. The molecule has 0 aliphatic heterocycles. The lowest BCUT2D eigenvalue weighted by atomic mass is 10.1. The van der Waals surface area contributed by atoms with E-state index in [0.717, 1.165) is 6.42 Å². The van der Waals surface area contributed by atoms with E-state index in [0.29, 0.717) is 0 Å². The highest BCUT2D eigenvalue weighted by Gasteiger charge is 1.94. The van der Waals surface area contributed by atoms with Crippen LogP contribution in [0.1, 0.15) is 12.0 Å². The Balaban J connectivity index is 2.37. The molecule has 62 valence electrons. The Morgan fingerprint density at radius 3 is 2.50 bits per heavy atom. The van der Waals surface area contributed by atoms with Crippen LogP contribution in [0.5, 0.6) is 0 Å². The molecule has 0 bridgehead atoms. The van der Waals surface area contributed by atoms with Gasteiger partial charge in [-0.1, -0.05) is 18.6 Å². The van der Waals surface area contributed by atoms with Crippen molar-refractivity contribution < 1.29 is 4.39 Å². The lowest BCUT2D eigenvalue weighted by Crippen LogP contribution is -1.86. The largest absolute Gasteiger partial charge is 0.468 e. The van der Waals surface area contributed by atoms with Crippen molar-refractivity contribution in [1.82, 2.24) is 0 Å². The maximum absolute atomic E-state index is 12.5. The van der Waals surface area contributed by atoms with Crippen LogP contribution < -0.4 is 0 Å². The summed E-state index contributed by atoms with van der Waals surface area (Å²) in [5, 5.41) is 0. The molecule has 0 aliphatic rings. The van der Waals surface area contributed by atoms with Crippen molar-refractivity contribution in [2.75, 3.05) is 0 Å². The van der Waals surface area contributed by atoms with Gasteiger partial charge in [-0.05, 0) is 24.1 Å². The monoisotopic (exact) mass is 240 g/mol. The zero-order valence-electron chi connectivity index (χ0n) is 6.89. The second-order valence-corrected chi connectivity index (χ2v) is 6.24. The highest BCUT2D eigenvalue weighted by molar-refractivity contribution is 9.23. The molecule has 0 fully saturated rings. The number of halogens is 2. The summed E-state index contributed by atoms with van der Waals surface area (Å²) in [5.41, 5.74) is 1.24. The molecule has 0 heterocycles. The van der Waals surface area contributed by atoms with E-state index in [1.54, 1.807) is 0 Å². The predicted molar refractivity (Wildman–Crippen MR) is 54.2 cm³/mol. The molecule has 0 unspecified atom stereocenters. The van der Waals surface area contributed by atoms with Crippen LogP contribution in [0.2, 0.25) is 4.55 Å². The summed E-state index contributed by atoms with van der Waals surface area (Å²) in [6.07, 6.45) is 2.31. The van der Waals surface area contributed by atoms with Gasteiger partial charge in [-0.3, -0.25) is 0 Å². The number of hydrogen-bond donors (Lipinski definition) is 0. The van der Waals surface area contributed by atoms with Crippen LogP contribution in [0.3, 0.4) is 0 Å². The minimum atomic E-state index is -0.145. The SMILES string of the molecule is Fc1ccc(CC[CH2][Mg][Br])cc1. The summed E-state index contributed by atoms with van der Waals surface area (Å²) in [4.78, 5) is 0. The molecular formula is C9H10BrFMg. The minimum absolute atomic E-state index is 0.0287. The fourth-order valence-corrected chi connectivity index (χ4v) is 2.70. The molecule has 1 aromatic rings. The van der Waals surface area contributed by atoms with Crippen LogP contribution in [0, 0.1) is 5.82 Å². The molecule has 0 aliphatic carbocycles. The van der Waals surface area contributed by atoms with Gasteiger partial charge in [0.05, 0.1) is 0 Å². The third-order valence-electron chi connectivity index (χ3n) is 1.76. The van der Waals surface area contributed by atoms with Crippen molar-refractivity contribution in [2.45, 2.75) is 17.4 Å². The zero-order chi connectivity index (χ0) is 8.81. The lowest BCUT2D eigenvalue weighted by molar-refractivity contribution is 0.627. The standard InChI is InChI=1S/C9H10F.BrH.Mg/c1-2-3-8-4-6-9(10)7-5-8;;/h4-7H,1-3H2;1H;/q;;+1/p-1. The van der Waals surface area contributed by atoms with Crippen molar-refractivity contribution in [2.24, 2.45) is 0 Å². The molecule has 0 N–H and O–H groups in total. The maximum Gasteiger partial charge on any atom is 0.468 e. The van der Waals surface area contributed by atoms with Gasteiger partial charge in [0, 0.05) is 0 Å². The van der Waals surface area contributed by atoms with Crippen LogP contribution in [-0.4, -0.2) is 18.2 Å². The fraction of sp³-hybridized carbons (Fsp3) is 0.333. The first-order valence-electron chi connectivity index (χ1n) is 4.13. The zero-order valence-corrected chi connectivity index (χ0v) is 9.89. The van der Waals surface area contributed by atoms with Crippen molar-refractivity contribution in [1.29, 1.82) is 0 Å². The van der Waals surface area contributed by atoms with E-state index in [2.05, 4.69) is 12.9 Å². The molecule has 0 spiro atoms. The summed E-state index contributed by atoms with van der Waals surface area (Å²) < 4.78 is 13.8. The summed E-state index contributed by atoms with van der Waals surface area (Å²) in [7, 11) is 0. The first-order chi connectivity index (χ1) is 5.83. The summed E-state index contributed by atoms with van der Waals surface area (Å²) in [6.45, 7) is 0. The van der Waals surface area contributed by atoms with Crippen LogP contribution in [0.15, 0.2) is 24.3 Å². The fourth-order valence-electron chi connectivity index (χ4n) is 1.07. The number of hydrogen-bond acceptors (Lipinski definition) is 0. The summed E-state index contributed by atoms with van der Waals surface area (Å²) in [6, 6.07) is 6.79. The van der Waals surface area contributed by atoms with Crippen molar-refractivity contribution in [3.05, 3.63) is 35.6 Å². The third kappa shape index (κ3) is 3.87. The molecule has 1 aromatic carbocycles. The minimum Gasteiger partial charge on any atom is -0.307 e. The molecule has 0 aromatic heterocycles. The number of rotatable bonds is 4. The Labute approximate surface area is 88.1 Å².